The van der Waals surface area contributed by atoms with Crippen LogP contribution in [0.2, 0.25) is 0 Å². The van der Waals surface area contributed by atoms with Gasteiger partial charge in [0.15, 0.2) is 0 Å². The molecule has 0 atom stereocenters. The minimum Gasteiger partial charge on any atom is -0.478 e. The Morgan fingerprint density at radius 3 is 3.06 bits per heavy atom. The van der Waals surface area contributed by atoms with Gasteiger partial charge in [-0.2, -0.15) is 0 Å². The van der Waals surface area contributed by atoms with Crippen LogP contribution in [0, 0.1) is 0 Å². The van der Waals surface area contributed by atoms with Crippen LogP contribution in [-0.4, -0.2) is 25.6 Å². The summed E-state index contributed by atoms with van der Waals surface area (Å²) in [7, 11) is 1.90. The van der Waals surface area contributed by atoms with E-state index in [0.717, 1.165) is 5.69 Å². The van der Waals surface area contributed by atoms with Gasteiger partial charge in [0.1, 0.15) is 5.03 Å². The van der Waals surface area contributed by atoms with Crippen LogP contribution in [0.4, 0.5) is 0 Å². The highest BCUT2D eigenvalue weighted by atomic mass is 32.2. The second-order valence-electron chi connectivity index (χ2n) is 3.45. The zero-order chi connectivity index (χ0) is 12.3. The van der Waals surface area contributed by atoms with Gasteiger partial charge < -0.3 is 9.67 Å². The van der Waals surface area contributed by atoms with Crippen LogP contribution in [0.5, 0.6) is 0 Å². The lowest BCUT2D eigenvalue weighted by Gasteiger charge is -2.04. The molecule has 2 aromatic heterocycles. The van der Waals surface area contributed by atoms with Crippen molar-refractivity contribution in [3.63, 3.8) is 0 Å². The zero-order valence-electron chi connectivity index (χ0n) is 9.20. The molecule has 0 radical (unpaired) electrons. The maximum absolute atomic E-state index is 11.0. The lowest BCUT2D eigenvalue weighted by molar-refractivity contribution is 0.0692. The van der Waals surface area contributed by atoms with E-state index in [4.69, 9.17) is 5.11 Å². The van der Waals surface area contributed by atoms with Crippen LogP contribution in [0.1, 0.15) is 16.1 Å². The lowest BCUT2D eigenvalue weighted by atomic mass is 10.3. The Kier molecular flexibility index (Phi) is 3.43. The number of carbonyl (C=O) groups is 1. The number of carboxylic acid groups (broad SMARTS) is 1. The van der Waals surface area contributed by atoms with Crippen LogP contribution in [0.15, 0.2) is 35.9 Å². The molecular formula is C11H11N3O2S. The Morgan fingerprint density at radius 2 is 2.41 bits per heavy atom. The Morgan fingerprint density at radius 1 is 1.59 bits per heavy atom. The number of imidazole rings is 1. The molecule has 0 bridgehead atoms. The normalized spacial score (nSPS) is 10.4. The van der Waals surface area contributed by atoms with Crippen molar-refractivity contribution in [3.05, 3.63) is 42.1 Å². The molecule has 6 heteroatoms. The van der Waals surface area contributed by atoms with E-state index in [1.54, 1.807) is 30.9 Å². The average Bonchev–Trinajstić information content (AvgIpc) is 2.72. The van der Waals surface area contributed by atoms with E-state index in [1.165, 1.54) is 11.8 Å². The predicted molar refractivity (Wildman–Crippen MR) is 64.0 cm³/mol. The van der Waals surface area contributed by atoms with Gasteiger partial charge in [0.05, 0.1) is 11.9 Å². The fourth-order valence-electron chi connectivity index (χ4n) is 1.33. The third kappa shape index (κ3) is 2.65. The van der Waals surface area contributed by atoms with E-state index in [-0.39, 0.29) is 5.56 Å². The number of thioether (sulfide) groups is 1. The Hall–Kier alpha value is -1.82. The minimum absolute atomic E-state index is 0.236. The first-order chi connectivity index (χ1) is 8.18. The molecule has 0 fully saturated rings. The van der Waals surface area contributed by atoms with Gasteiger partial charge in [-0.3, -0.25) is 0 Å². The summed E-state index contributed by atoms with van der Waals surface area (Å²) < 4.78 is 1.90. The van der Waals surface area contributed by atoms with Crippen LogP contribution in [0.25, 0.3) is 0 Å². The summed E-state index contributed by atoms with van der Waals surface area (Å²) >= 11 is 1.39. The number of aromatic nitrogens is 3. The summed E-state index contributed by atoms with van der Waals surface area (Å²) in [5, 5.41) is 9.54. The van der Waals surface area contributed by atoms with Gasteiger partial charge in [-0.25, -0.2) is 14.8 Å². The molecule has 17 heavy (non-hydrogen) atoms. The highest BCUT2D eigenvalue weighted by Crippen LogP contribution is 2.23. The number of nitrogens with zero attached hydrogens (tertiary/aromatic N) is 3. The largest absolute Gasteiger partial charge is 0.478 e. The number of hydrogen-bond acceptors (Lipinski definition) is 4. The Balaban J connectivity index is 2.14. The summed E-state index contributed by atoms with van der Waals surface area (Å²) in [4.78, 5) is 19.1. The molecule has 0 saturated carbocycles. The van der Waals surface area contributed by atoms with Gasteiger partial charge in [0, 0.05) is 30.9 Å². The van der Waals surface area contributed by atoms with Crippen LogP contribution in [-0.2, 0) is 12.8 Å². The van der Waals surface area contributed by atoms with E-state index >= 15 is 0 Å². The molecule has 0 saturated heterocycles. The summed E-state index contributed by atoms with van der Waals surface area (Å²) in [5.41, 5.74) is 1.26. The lowest BCUT2D eigenvalue weighted by Crippen LogP contribution is -2.01. The molecule has 88 valence electrons. The Bertz CT molecular complexity index is 539. The van der Waals surface area contributed by atoms with Crippen molar-refractivity contribution in [3.8, 4) is 0 Å². The molecule has 0 amide bonds. The number of pyridine rings is 1. The van der Waals surface area contributed by atoms with Crippen molar-refractivity contribution in [2.24, 2.45) is 7.05 Å². The standard InChI is InChI=1S/C11H11N3O2S/c1-14-7-12-5-8(14)6-17-10-9(11(15)16)3-2-4-13-10/h2-5,7H,6H2,1H3,(H,15,16). The zero-order valence-corrected chi connectivity index (χ0v) is 10.0. The van der Waals surface area contributed by atoms with Crippen molar-refractivity contribution in [1.29, 1.82) is 0 Å². The maximum Gasteiger partial charge on any atom is 0.338 e. The van der Waals surface area contributed by atoms with Crippen molar-refractivity contribution < 1.29 is 9.90 Å². The van der Waals surface area contributed by atoms with Crippen molar-refractivity contribution in [1.82, 2.24) is 14.5 Å². The first-order valence-electron chi connectivity index (χ1n) is 4.95. The molecular weight excluding hydrogens is 238 g/mol. The molecule has 0 aliphatic heterocycles. The van der Waals surface area contributed by atoms with Gasteiger partial charge in [-0.05, 0) is 12.1 Å². The topological polar surface area (TPSA) is 68.0 Å². The fourth-order valence-corrected chi connectivity index (χ4v) is 2.34. The number of hydrogen-bond donors (Lipinski definition) is 1. The first-order valence-corrected chi connectivity index (χ1v) is 5.93. The highest BCUT2D eigenvalue weighted by Gasteiger charge is 2.11. The van der Waals surface area contributed by atoms with Gasteiger partial charge in [-0.15, -0.1) is 0 Å². The van der Waals surface area contributed by atoms with Crippen LogP contribution < -0.4 is 0 Å². The molecule has 2 rings (SSSR count). The van der Waals surface area contributed by atoms with Crippen LogP contribution in [0.3, 0.4) is 0 Å². The number of aromatic carboxylic acids is 1. The monoisotopic (exact) mass is 249 g/mol. The molecule has 0 spiro atoms. The van der Waals surface area contributed by atoms with E-state index in [9.17, 15) is 4.79 Å². The highest BCUT2D eigenvalue weighted by molar-refractivity contribution is 7.98. The predicted octanol–water partition coefficient (Wildman–Crippen LogP) is 1.81. The summed E-state index contributed by atoms with van der Waals surface area (Å²) in [6, 6.07) is 3.18. The molecule has 0 unspecified atom stereocenters. The van der Waals surface area contributed by atoms with E-state index < -0.39 is 5.97 Å². The molecule has 0 aromatic carbocycles. The number of carboxylic acids is 1. The number of rotatable bonds is 4. The van der Waals surface area contributed by atoms with E-state index in [1.807, 2.05) is 11.6 Å². The SMILES string of the molecule is Cn1cncc1CSc1ncccc1C(=O)O. The fraction of sp³-hybridized carbons (Fsp3) is 0.182. The summed E-state index contributed by atoms with van der Waals surface area (Å²) in [6.45, 7) is 0. The quantitative estimate of drug-likeness (QED) is 0.837. The second kappa shape index (κ2) is 5.01. The molecule has 0 aliphatic carbocycles. The summed E-state index contributed by atoms with van der Waals surface area (Å²) in [5.74, 6) is -0.307. The molecule has 5 nitrogen and oxygen atoms in total. The van der Waals surface area contributed by atoms with E-state index in [2.05, 4.69) is 9.97 Å². The molecule has 2 aromatic rings. The first kappa shape index (κ1) is 11.7. The Labute approximate surface area is 103 Å². The summed E-state index contributed by atoms with van der Waals surface area (Å²) in [6.07, 6.45) is 5.07. The second-order valence-corrected chi connectivity index (χ2v) is 4.41. The maximum atomic E-state index is 11.0. The third-order valence-electron chi connectivity index (χ3n) is 2.27. The third-order valence-corrected chi connectivity index (χ3v) is 3.31. The van der Waals surface area contributed by atoms with Crippen LogP contribution >= 0.6 is 11.8 Å². The average molecular weight is 249 g/mol. The van der Waals surface area contributed by atoms with Gasteiger partial charge >= 0.3 is 5.97 Å². The molecule has 2 heterocycles. The minimum atomic E-state index is -0.953. The van der Waals surface area contributed by atoms with Crippen molar-refractivity contribution in [2.75, 3.05) is 0 Å². The van der Waals surface area contributed by atoms with Gasteiger partial charge in [0.2, 0.25) is 0 Å². The van der Waals surface area contributed by atoms with Crippen molar-refractivity contribution >= 4 is 17.7 Å². The number of aryl methyl sites for hydroxylation is 1. The van der Waals surface area contributed by atoms with Gasteiger partial charge in [-0.1, -0.05) is 11.8 Å². The van der Waals surface area contributed by atoms with Crippen molar-refractivity contribution in [2.45, 2.75) is 10.8 Å². The molecule has 1 N–H and O–H groups in total. The van der Waals surface area contributed by atoms with E-state index in [0.29, 0.717) is 10.8 Å². The molecule has 0 aliphatic rings. The smallest absolute Gasteiger partial charge is 0.338 e. The van der Waals surface area contributed by atoms with Gasteiger partial charge in [0.25, 0.3) is 0 Å².